The van der Waals surface area contributed by atoms with E-state index >= 15 is 0 Å². The van der Waals surface area contributed by atoms with Crippen LogP contribution in [0, 0.1) is 5.92 Å². The molecule has 1 aliphatic heterocycles. The summed E-state index contributed by atoms with van der Waals surface area (Å²) in [5.74, 6) is 0.569. The maximum atomic E-state index is 12.1. The van der Waals surface area contributed by atoms with E-state index in [1.807, 2.05) is 13.8 Å². The quantitative estimate of drug-likeness (QED) is 0.814. The van der Waals surface area contributed by atoms with Gasteiger partial charge < -0.3 is 10.2 Å². The van der Waals surface area contributed by atoms with Crippen molar-refractivity contribution in [2.75, 3.05) is 19.6 Å². The summed E-state index contributed by atoms with van der Waals surface area (Å²) in [5, 5.41) is 3.67. The van der Waals surface area contributed by atoms with Gasteiger partial charge in [0.15, 0.2) is 5.17 Å². The lowest BCUT2D eigenvalue weighted by atomic mass is 9.89. The van der Waals surface area contributed by atoms with E-state index in [0.29, 0.717) is 24.2 Å². The second-order valence-electron chi connectivity index (χ2n) is 6.02. The van der Waals surface area contributed by atoms with Crippen molar-refractivity contribution in [3.05, 3.63) is 0 Å². The average Bonchev–Trinajstić information content (AvgIpc) is 2.87. The molecule has 1 N–H and O–H groups in total. The number of hydrogen-bond donors (Lipinski definition) is 1. The molecule has 0 aromatic heterocycles. The summed E-state index contributed by atoms with van der Waals surface area (Å²) in [6, 6.07) is 0. The van der Waals surface area contributed by atoms with Crippen LogP contribution in [0.3, 0.4) is 0 Å². The first-order chi connectivity index (χ1) is 10.6. The van der Waals surface area contributed by atoms with Crippen molar-refractivity contribution >= 4 is 28.7 Å². The van der Waals surface area contributed by atoms with Crippen LogP contribution in [0.4, 0.5) is 0 Å². The van der Waals surface area contributed by atoms with Crippen LogP contribution in [-0.2, 0) is 9.59 Å². The van der Waals surface area contributed by atoms with Gasteiger partial charge in [0.25, 0.3) is 5.91 Å². The van der Waals surface area contributed by atoms with E-state index in [4.69, 9.17) is 0 Å². The van der Waals surface area contributed by atoms with E-state index in [2.05, 4.69) is 10.3 Å². The summed E-state index contributed by atoms with van der Waals surface area (Å²) in [6.07, 6.45) is 6.76. The second-order valence-corrected chi connectivity index (χ2v) is 7.21. The Labute approximate surface area is 137 Å². The Kier molecular flexibility index (Phi) is 6.73. The molecule has 0 bridgehead atoms. The van der Waals surface area contributed by atoms with E-state index in [9.17, 15) is 9.59 Å². The average molecular weight is 325 g/mol. The van der Waals surface area contributed by atoms with Crippen molar-refractivity contribution in [1.29, 1.82) is 0 Å². The van der Waals surface area contributed by atoms with E-state index in [0.717, 1.165) is 6.54 Å². The lowest BCUT2D eigenvalue weighted by molar-refractivity contribution is -0.132. The second kappa shape index (κ2) is 8.56. The number of nitrogens with one attached hydrogen (secondary N) is 1. The number of carbonyl (C=O) groups excluding carboxylic acids is 2. The van der Waals surface area contributed by atoms with Gasteiger partial charge in [-0.25, -0.2) is 0 Å². The van der Waals surface area contributed by atoms with Crippen LogP contribution < -0.4 is 5.32 Å². The minimum atomic E-state index is -0.345. The topological polar surface area (TPSA) is 61.8 Å². The van der Waals surface area contributed by atoms with Crippen LogP contribution in [0.1, 0.15) is 52.4 Å². The maximum Gasteiger partial charge on any atom is 0.262 e. The molecule has 6 heteroatoms. The Balaban J connectivity index is 1.76. The van der Waals surface area contributed by atoms with Gasteiger partial charge in [0, 0.05) is 26.1 Å². The molecule has 1 aliphatic carbocycles. The van der Waals surface area contributed by atoms with Gasteiger partial charge in [0.05, 0.1) is 0 Å². The normalized spacial score (nSPS) is 22.5. The van der Waals surface area contributed by atoms with Gasteiger partial charge in [-0.15, -0.1) is 0 Å². The molecule has 0 radical (unpaired) electrons. The number of carbonyl (C=O) groups is 2. The molecule has 5 nitrogen and oxygen atoms in total. The first kappa shape index (κ1) is 17.3. The number of hydrogen-bond acceptors (Lipinski definition) is 4. The summed E-state index contributed by atoms with van der Waals surface area (Å²) >= 11 is 1.42. The maximum absolute atomic E-state index is 12.1. The van der Waals surface area contributed by atoms with Gasteiger partial charge in [0.1, 0.15) is 5.25 Å². The number of rotatable bonds is 6. The van der Waals surface area contributed by atoms with Crippen LogP contribution in [0.25, 0.3) is 0 Å². The molecule has 2 aliphatic rings. The van der Waals surface area contributed by atoms with E-state index in [-0.39, 0.29) is 23.5 Å². The van der Waals surface area contributed by atoms with Crippen molar-refractivity contribution in [3.63, 3.8) is 0 Å². The Bertz CT molecular complexity index is 429. The fraction of sp³-hybridized carbons (Fsp3) is 0.812. The highest BCUT2D eigenvalue weighted by Gasteiger charge is 2.31. The third kappa shape index (κ3) is 4.73. The number of nitrogens with zero attached hydrogens (tertiary/aromatic N) is 2. The van der Waals surface area contributed by atoms with Crippen LogP contribution in [0.5, 0.6) is 0 Å². The third-order valence-electron chi connectivity index (χ3n) is 4.48. The van der Waals surface area contributed by atoms with Gasteiger partial charge in [-0.3, -0.25) is 9.59 Å². The molecule has 2 amide bonds. The fourth-order valence-corrected chi connectivity index (χ4v) is 4.04. The number of thioether (sulfide) groups is 1. The summed E-state index contributed by atoms with van der Waals surface area (Å²) in [6.45, 7) is 6.19. The van der Waals surface area contributed by atoms with Crippen LogP contribution in [0.15, 0.2) is 4.99 Å². The molecule has 1 saturated carbocycles. The molecule has 22 heavy (non-hydrogen) atoms. The van der Waals surface area contributed by atoms with E-state index in [1.165, 1.54) is 43.9 Å². The standard InChI is InChI=1S/C16H27N3O2S/c1-3-19(4-2)14(20)10-13-15(21)18-16(22-13)17-11-12-8-6-5-7-9-12/h12-13H,3-11H2,1-2H3,(H,17,18,21). The zero-order chi connectivity index (χ0) is 15.9. The molecule has 124 valence electrons. The van der Waals surface area contributed by atoms with Crippen LogP contribution >= 0.6 is 11.8 Å². The Morgan fingerprint density at radius 2 is 1.95 bits per heavy atom. The van der Waals surface area contributed by atoms with Crippen LogP contribution in [0.2, 0.25) is 0 Å². The van der Waals surface area contributed by atoms with E-state index in [1.54, 1.807) is 4.90 Å². The SMILES string of the molecule is CCN(CC)C(=O)CC1SC(NCC2CCCCC2)=NC1=O. The zero-order valence-corrected chi connectivity index (χ0v) is 14.5. The largest absolute Gasteiger partial charge is 0.364 e. The molecule has 0 aromatic rings. The highest BCUT2D eigenvalue weighted by atomic mass is 32.2. The lowest BCUT2D eigenvalue weighted by Crippen LogP contribution is -2.33. The molecular weight excluding hydrogens is 298 g/mol. The smallest absolute Gasteiger partial charge is 0.262 e. The van der Waals surface area contributed by atoms with Gasteiger partial charge >= 0.3 is 0 Å². The number of amides is 2. The fourth-order valence-electron chi connectivity index (χ4n) is 3.08. The first-order valence-corrected chi connectivity index (χ1v) is 9.32. The van der Waals surface area contributed by atoms with Crippen molar-refractivity contribution < 1.29 is 9.59 Å². The Morgan fingerprint density at radius 1 is 1.27 bits per heavy atom. The molecule has 0 aromatic carbocycles. The number of amidine groups is 1. The molecule has 2 rings (SSSR count). The van der Waals surface area contributed by atoms with Gasteiger partial charge in [-0.1, -0.05) is 31.0 Å². The minimum Gasteiger partial charge on any atom is -0.364 e. The molecular formula is C16H27N3O2S. The zero-order valence-electron chi connectivity index (χ0n) is 13.6. The van der Waals surface area contributed by atoms with Gasteiger partial charge in [-0.2, -0.15) is 4.99 Å². The Morgan fingerprint density at radius 3 is 2.59 bits per heavy atom. The minimum absolute atomic E-state index is 0.0413. The Hall–Kier alpha value is -1.04. The van der Waals surface area contributed by atoms with Crippen LogP contribution in [-0.4, -0.2) is 46.8 Å². The first-order valence-electron chi connectivity index (χ1n) is 8.44. The highest BCUT2D eigenvalue weighted by molar-refractivity contribution is 8.15. The molecule has 0 saturated heterocycles. The van der Waals surface area contributed by atoms with Crippen molar-refractivity contribution in [2.45, 2.75) is 57.6 Å². The molecule has 0 spiro atoms. The lowest BCUT2D eigenvalue weighted by Gasteiger charge is -2.22. The van der Waals surface area contributed by atoms with Crippen molar-refractivity contribution in [2.24, 2.45) is 10.9 Å². The third-order valence-corrected chi connectivity index (χ3v) is 5.60. The van der Waals surface area contributed by atoms with Crippen molar-refractivity contribution in [1.82, 2.24) is 10.2 Å². The van der Waals surface area contributed by atoms with Crippen molar-refractivity contribution in [3.8, 4) is 0 Å². The van der Waals surface area contributed by atoms with E-state index < -0.39 is 0 Å². The molecule has 1 atom stereocenters. The summed E-state index contributed by atoms with van der Waals surface area (Å²) in [5.41, 5.74) is 0. The summed E-state index contributed by atoms with van der Waals surface area (Å²) in [4.78, 5) is 29.9. The predicted octanol–water partition coefficient (Wildman–Crippen LogP) is 2.41. The molecule has 1 heterocycles. The number of aliphatic imine (C=N–C) groups is 1. The summed E-state index contributed by atoms with van der Waals surface area (Å²) < 4.78 is 0. The van der Waals surface area contributed by atoms with Gasteiger partial charge in [-0.05, 0) is 32.6 Å². The molecule has 1 fully saturated rings. The molecule has 1 unspecified atom stereocenters. The monoisotopic (exact) mass is 325 g/mol. The predicted molar refractivity (Wildman–Crippen MR) is 90.9 cm³/mol. The summed E-state index contributed by atoms with van der Waals surface area (Å²) in [7, 11) is 0. The van der Waals surface area contributed by atoms with Gasteiger partial charge in [0.2, 0.25) is 5.91 Å². The highest BCUT2D eigenvalue weighted by Crippen LogP contribution is 2.26.